The third-order valence-corrected chi connectivity index (χ3v) is 4.85. The third-order valence-electron chi connectivity index (χ3n) is 4.85. The molecule has 0 aromatic heterocycles. The summed E-state index contributed by atoms with van der Waals surface area (Å²) in [6.45, 7) is 26.3. The summed E-state index contributed by atoms with van der Waals surface area (Å²) in [7, 11) is 0. The average molecular weight is 543 g/mol. The number of hydrogen-bond acceptors (Lipinski definition) is 0. The molecule has 0 saturated carbocycles. The van der Waals surface area contributed by atoms with E-state index in [9.17, 15) is 0 Å². The molecule has 0 aliphatic heterocycles. The molecule has 0 unspecified atom stereocenters. The lowest BCUT2D eigenvalue weighted by molar-refractivity contribution is 1.48. The number of rotatable bonds is 0. The molecule has 0 atom stereocenters. The van der Waals surface area contributed by atoms with Crippen LogP contribution < -0.4 is 0 Å². The predicted molar refractivity (Wildman–Crippen MR) is 192 cm³/mol. The number of hydrogen-bond donors (Lipinski definition) is 0. The highest BCUT2D eigenvalue weighted by atomic mass is 14.0. The summed E-state index contributed by atoms with van der Waals surface area (Å²) in [6, 6.07) is 40.0. The Labute approximate surface area is 250 Å². The maximum Gasteiger partial charge on any atom is -0.0155 e. The van der Waals surface area contributed by atoms with Gasteiger partial charge in [0, 0.05) is 0 Å². The topological polar surface area (TPSA) is 0 Å². The molecule has 0 heterocycles. The maximum absolute atomic E-state index is 2.20. The van der Waals surface area contributed by atoms with Crippen molar-refractivity contribution in [2.24, 2.45) is 0 Å². The highest BCUT2D eigenvalue weighted by Gasteiger charge is 1.92. The molecule has 40 heavy (non-hydrogen) atoms. The van der Waals surface area contributed by atoms with Gasteiger partial charge in [0.05, 0.1) is 0 Å². The Morgan fingerprint density at radius 1 is 0.325 bits per heavy atom. The van der Waals surface area contributed by atoms with E-state index in [1.165, 1.54) is 38.2 Å². The van der Waals surface area contributed by atoms with Gasteiger partial charge < -0.3 is 0 Å². The third kappa shape index (κ3) is 18.8. The number of aryl methyl sites for hydroxylation is 3. The van der Waals surface area contributed by atoms with Gasteiger partial charge in [-0.25, -0.2) is 0 Å². The van der Waals surface area contributed by atoms with Crippen LogP contribution in [0.15, 0.2) is 115 Å². The molecule has 5 rings (SSSR count). The fourth-order valence-electron chi connectivity index (χ4n) is 3.23. The normalized spacial score (nSPS) is 7.92. The SMILES string of the molecule is C.CC.CC.CC.CC.CC.Cc1ccc2ccccc2c1.Cc1cccc2ccccc12.Cc1ccccc1. The zero-order valence-electron chi connectivity index (χ0n) is 27.5. The Morgan fingerprint density at radius 2 is 0.750 bits per heavy atom. The minimum atomic E-state index is 0. The minimum Gasteiger partial charge on any atom is -0.0776 e. The summed E-state index contributed by atoms with van der Waals surface area (Å²) >= 11 is 0. The van der Waals surface area contributed by atoms with Crippen LogP contribution in [0.5, 0.6) is 0 Å². The first-order chi connectivity index (χ1) is 19.1. The first-order valence-electron chi connectivity index (χ1n) is 15.0. The zero-order chi connectivity index (χ0) is 30.5. The lowest BCUT2D eigenvalue weighted by Gasteiger charge is -1.98. The van der Waals surface area contributed by atoms with Crippen molar-refractivity contribution in [1.82, 2.24) is 0 Å². The summed E-state index contributed by atoms with van der Waals surface area (Å²) in [4.78, 5) is 0. The van der Waals surface area contributed by atoms with E-state index in [0.29, 0.717) is 0 Å². The number of benzene rings is 5. The van der Waals surface area contributed by atoms with Crippen molar-refractivity contribution >= 4 is 21.5 Å². The van der Waals surface area contributed by atoms with Gasteiger partial charge in [-0.2, -0.15) is 0 Å². The molecule has 5 aromatic carbocycles. The molecule has 0 bridgehead atoms. The van der Waals surface area contributed by atoms with Crippen molar-refractivity contribution in [3.05, 3.63) is 132 Å². The Kier molecular flexibility index (Phi) is 34.8. The molecule has 0 aliphatic rings. The smallest absolute Gasteiger partial charge is 0.0155 e. The van der Waals surface area contributed by atoms with Crippen LogP contribution in [0.2, 0.25) is 0 Å². The molecule has 0 nitrogen and oxygen atoms in total. The lowest BCUT2D eigenvalue weighted by Crippen LogP contribution is -1.75. The Hall–Kier alpha value is -3.38. The Morgan fingerprint density at radius 3 is 1.23 bits per heavy atom. The molecule has 5 aromatic rings. The van der Waals surface area contributed by atoms with E-state index in [-0.39, 0.29) is 7.43 Å². The van der Waals surface area contributed by atoms with Crippen molar-refractivity contribution < 1.29 is 0 Å². The fraction of sp³-hybridized carbons (Fsp3) is 0.350. The minimum absolute atomic E-state index is 0. The standard InChI is InChI=1S/2C11H10.C7H8.5C2H6.CH4/c1-9-5-4-7-10-6-2-3-8-11(9)10;1-9-6-7-10-4-2-3-5-11(10)8-9;1-7-5-3-2-4-6-7;5*1-2;/h2*2-8H,1H3;2-6H,1H3;5*1-2H3;1H4. The van der Waals surface area contributed by atoms with E-state index in [4.69, 9.17) is 0 Å². The summed E-state index contributed by atoms with van der Waals surface area (Å²) in [5.74, 6) is 0. The van der Waals surface area contributed by atoms with Crippen molar-refractivity contribution in [2.45, 2.75) is 97.4 Å². The summed E-state index contributed by atoms with van der Waals surface area (Å²) < 4.78 is 0. The van der Waals surface area contributed by atoms with Gasteiger partial charge in [0.25, 0.3) is 0 Å². The molecule has 0 fully saturated rings. The van der Waals surface area contributed by atoms with E-state index in [0.717, 1.165) is 0 Å². The maximum atomic E-state index is 2.20. The van der Waals surface area contributed by atoms with Crippen LogP contribution in [-0.4, -0.2) is 0 Å². The first-order valence-corrected chi connectivity index (χ1v) is 15.0. The van der Waals surface area contributed by atoms with Gasteiger partial charge in [0.15, 0.2) is 0 Å². The van der Waals surface area contributed by atoms with E-state index >= 15 is 0 Å². The van der Waals surface area contributed by atoms with Crippen molar-refractivity contribution in [3.63, 3.8) is 0 Å². The van der Waals surface area contributed by atoms with Gasteiger partial charge in [0.2, 0.25) is 0 Å². The zero-order valence-corrected chi connectivity index (χ0v) is 27.5. The van der Waals surface area contributed by atoms with Gasteiger partial charge >= 0.3 is 0 Å². The van der Waals surface area contributed by atoms with E-state index in [1.54, 1.807) is 0 Å². The molecule has 0 aliphatic carbocycles. The van der Waals surface area contributed by atoms with Crippen LogP contribution in [0, 0.1) is 20.8 Å². The van der Waals surface area contributed by atoms with Crippen LogP contribution in [0.4, 0.5) is 0 Å². The molecule has 0 saturated heterocycles. The van der Waals surface area contributed by atoms with Crippen LogP contribution >= 0.6 is 0 Å². The molecule has 222 valence electrons. The summed E-state index contributed by atoms with van der Waals surface area (Å²) in [5.41, 5.74) is 3.99. The molecular weight excluding hydrogens is 480 g/mol. The molecule has 0 N–H and O–H groups in total. The van der Waals surface area contributed by atoms with Gasteiger partial charge in [-0.15, -0.1) is 0 Å². The number of fused-ring (bicyclic) bond motifs is 2. The van der Waals surface area contributed by atoms with Crippen molar-refractivity contribution in [3.8, 4) is 0 Å². The second-order valence-corrected chi connectivity index (χ2v) is 7.30. The van der Waals surface area contributed by atoms with E-state index < -0.39 is 0 Å². The van der Waals surface area contributed by atoms with E-state index in [1.807, 2.05) is 87.4 Å². The van der Waals surface area contributed by atoms with Crippen LogP contribution in [0.25, 0.3) is 21.5 Å². The largest absolute Gasteiger partial charge is 0.0776 e. The highest BCUT2D eigenvalue weighted by Crippen LogP contribution is 2.16. The second-order valence-electron chi connectivity index (χ2n) is 7.30. The van der Waals surface area contributed by atoms with Crippen LogP contribution in [-0.2, 0) is 0 Å². The second kappa shape index (κ2) is 31.8. The van der Waals surface area contributed by atoms with E-state index in [2.05, 4.69) is 118 Å². The summed E-state index contributed by atoms with van der Waals surface area (Å²) in [6.07, 6.45) is 0. The van der Waals surface area contributed by atoms with Crippen molar-refractivity contribution in [1.29, 1.82) is 0 Å². The first kappa shape index (κ1) is 43.7. The quantitative estimate of drug-likeness (QED) is 0.182. The monoisotopic (exact) mass is 542 g/mol. The average Bonchev–Trinajstić information content (AvgIpc) is 3.03. The van der Waals surface area contributed by atoms with Gasteiger partial charge in [0.1, 0.15) is 0 Å². The Bertz CT molecular complexity index is 1160. The van der Waals surface area contributed by atoms with Gasteiger partial charge in [-0.05, 0) is 47.9 Å². The van der Waals surface area contributed by atoms with Gasteiger partial charge in [-0.3, -0.25) is 0 Å². The van der Waals surface area contributed by atoms with Crippen LogP contribution in [0.3, 0.4) is 0 Å². The molecular formula is C40H62. The lowest BCUT2D eigenvalue weighted by atomic mass is 10.1. The summed E-state index contributed by atoms with van der Waals surface area (Å²) in [5, 5.41) is 5.33. The Balaban J connectivity index is -0.000000211. The molecule has 0 amide bonds. The predicted octanol–water partition coefficient (Wildman–Crippen LogP) is 14.1. The molecule has 0 heteroatoms. The fourth-order valence-corrected chi connectivity index (χ4v) is 3.23. The van der Waals surface area contributed by atoms with Crippen molar-refractivity contribution in [2.75, 3.05) is 0 Å². The molecule has 0 radical (unpaired) electrons. The highest BCUT2D eigenvalue weighted by molar-refractivity contribution is 5.85. The molecule has 0 spiro atoms. The van der Waals surface area contributed by atoms with Gasteiger partial charge in [-0.1, -0.05) is 203 Å². The van der Waals surface area contributed by atoms with Crippen LogP contribution in [0.1, 0.15) is 93.4 Å².